The van der Waals surface area contributed by atoms with E-state index < -0.39 is 39.1 Å². The second-order valence-corrected chi connectivity index (χ2v) is 15.8. The minimum atomic E-state index is -4.22. The summed E-state index contributed by atoms with van der Waals surface area (Å²) in [7, 11) is -0.916. The molecule has 0 fully saturated rings. The smallest absolute Gasteiger partial charge is 0.409 e. The van der Waals surface area contributed by atoms with Crippen LogP contribution in [0, 0.1) is 24.0 Å². The summed E-state index contributed by atoms with van der Waals surface area (Å²) in [6.45, 7) is 9.12. The number of benzene rings is 1. The minimum absolute atomic E-state index is 0.00583. The Hall–Kier alpha value is -3.46. The molecule has 0 saturated carbocycles. The molecular formula is C35H45ClN4O6S. The Morgan fingerprint density at radius 1 is 1.23 bits per heavy atom. The summed E-state index contributed by atoms with van der Waals surface area (Å²) in [5.41, 5.74) is 1.08. The van der Waals surface area contributed by atoms with Gasteiger partial charge in [-0.1, -0.05) is 37.6 Å². The van der Waals surface area contributed by atoms with Crippen LogP contribution in [0.5, 0.6) is 5.75 Å². The molecule has 3 aliphatic rings. The molecule has 0 unspecified atom stereocenters. The molecule has 2 aliphatic heterocycles. The van der Waals surface area contributed by atoms with Crippen molar-refractivity contribution in [2.75, 3.05) is 45.2 Å². The van der Waals surface area contributed by atoms with E-state index in [0.717, 1.165) is 36.8 Å². The number of nitrogens with zero attached hydrogens (tertiary/aromatic N) is 2. The van der Waals surface area contributed by atoms with Crippen LogP contribution >= 0.6 is 11.6 Å². The molecule has 0 saturated heterocycles. The monoisotopic (exact) mass is 684 g/mol. The molecular weight excluding hydrogens is 640 g/mol. The van der Waals surface area contributed by atoms with E-state index in [1.807, 2.05) is 18.2 Å². The lowest BCUT2D eigenvalue weighted by Crippen LogP contribution is -2.54. The van der Waals surface area contributed by atoms with E-state index in [-0.39, 0.29) is 23.3 Å². The molecule has 2 aromatic carbocycles. The van der Waals surface area contributed by atoms with Gasteiger partial charge >= 0.3 is 6.09 Å². The van der Waals surface area contributed by atoms with Gasteiger partial charge in [-0.05, 0) is 87.4 Å². The zero-order chi connectivity index (χ0) is 34.1. The number of hydrogen-bond donors (Lipinski definition) is 2. The zero-order valence-corrected chi connectivity index (χ0v) is 29.6. The Labute approximate surface area is 283 Å². The maximum Gasteiger partial charge on any atom is 0.409 e. The van der Waals surface area contributed by atoms with Crippen molar-refractivity contribution in [3.05, 3.63) is 64.7 Å². The van der Waals surface area contributed by atoms with Crippen molar-refractivity contribution in [2.24, 2.45) is 11.8 Å². The van der Waals surface area contributed by atoms with Gasteiger partial charge in [-0.25, -0.2) is 17.9 Å². The quantitative estimate of drug-likeness (QED) is 0.430. The predicted octanol–water partition coefficient (Wildman–Crippen LogP) is 4.89. The molecule has 1 aliphatic carbocycles. The first-order chi connectivity index (χ1) is 22.2. The maximum absolute atomic E-state index is 13.6. The average Bonchev–Trinajstić information content (AvgIpc) is 3.15. The lowest BCUT2D eigenvalue weighted by atomic mass is 9.70. The standard InChI is InChI=1S/C35H45ClN4O6S/c1-7-27-23(2)20-40-21-35(16-8-10-24-18-25(36)12-14-28(24)35)22-45-31-15-13-26(19-29(31)40)47(43,44)38-32(41)34(3,4)37-17-9-11-30(27)46-33(42)39(5)6/h9,11,13,15,18-19,23,27,30,37H,7-8,10,16-17,20-22H2,1-6H3,(H,38,41)/b11-9+/t23-,27+,30+,35-/m0/s1. The van der Waals surface area contributed by atoms with Gasteiger partial charge in [0.25, 0.3) is 15.9 Å². The number of aryl methyl sites for hydroxylation is 1. The fourth-order valence-corrected chi connectivity index (χ4v) is 8.23. The van der Waals surface area contributed by atoms with Gasteiger partial charge in [-0.3, -0.25) is 4.79 Å². The van der Waals surface area contributed by atoms with Gasteiger partial charge in [0.1, 0.15) is 18.5 Å². The number of sulfonamides is 1. The number of anilines is 1. The van der Waals surface area contributed by atoms with E-state index in [0.29, 0.717) is 36.2 Å². The summed E-state index contributed by atoms with van der Waals surface area (Å²) in [5, 5.41) is 3.63. The van der Waals surface area contributed by atoms with Crippen LogP contribution in [0.3, 0.4) is 0 Å². The van der Waals surface area contributed by atoms with E-state index >= 15 is 0 Å². The number of nitrogens with one attached hydrogen (secondary N) is 2. The van der Waals surface area contributed by atoms with Crippen molar-refractivity contribution in [1.82, 2.24) is 14.9 Å². The van der Waals surface area contributed by atoms with Crippen LogP contribution < -0.4 is 19.7 Å². The molecule has 47 heavy (non-hydrogen) atoms. The molecule has 1 spiro atoms. The fourth-order valence-electron chi connectivity index (χ4n) is 6.92. The van der Waals surface area contributed by atoms with Crippen LogP contribution in [-0.2, 0) is 31.4 Å². The Morgan fingerprint density at radius 2 is 2.00 bits per heavy atom. The van der Waals surface area contributed by atoms with E-state index in [1.165, 1.54) is 11.0 Å². The highest BCUT2D eigenvalue weighted by Crippen LogP contribution is 2.45. The molecule has 10 nitrogen and oxygen atoms in total. The van der Waals surface area contributed by atoms with Crippen molar-refractivity contribution >= 4 is 39.3 Å². The van der Waals surface area contributed by atoms with Gasteiger partial charge < -0.3 is 24.6 Å². The van der Waals surface area contributed by atoms with Crippen molar-refractivity contribution in [3.63, 3.8) is 0 Å². The van der Waals surface area contributed by atoms with Crippen LogP contribution in [0.1, 0.15) is 58.1 Å². The third-order valence-electron chi connectivity index (χ3n) is 9.66. The number of carbonyl (C=O) groups excluding carboxylic acids is 2. The van der Waals surface area contributed by atoms with E-state index in [1.54, 1.807) is 40.1 Å². The van der Waals surface area contributed by atoms with Crippen molar-refractivity contribution in [3.8, 4) is 5.75 Å². The lowest BCUT2D eigenvalue weighted by molar-refractivity contribution is -0.124. The molecule has 12 heteroatoms. The zero-order valence-electron chi connectivity index (χ0n) is 28.0. The van der Waals surface area contributed by atoms with Crippen LogP contribution in [0.2, 0.25) is 5.02 Å². The van der Waals surface area contributed by atoms with Gasteiger partial charge in [-0.2, -0.15) is 0 Å². The first kappa shape index (κ1) is 34.9. The molecule has 0 radical (unpaired) electrons. The average molecular weight is 685 g/mol. The molecule has 2 heterocycles. The third-order valence-corrected chi connectivity index (χ3v) is 11.2. The van der Waals surface area contributed by atoms with Crippen LogP contribution in [0.4, 0.5) is 10.5 Å². The molecule has 2 bridgehead atoms. The molecule has 254 valence electrons. The van der Waals surface area contributed by atoms with Gasteiger partial charge in [0.2, 0.25) is 0 Å². The molecule has 4 atom stereocenters. The topological polar surface area (TPSA) is 117 Å². The summed E-state index contributed by atoms with van der Waals surface area (Å²) in [6.07, 6.45) is 6.08. The minimum Gasteiger partial charge on any atom is -0.490 e. The van der Waals surface area contributed by atoms with Crippen molar-refractivity contribution < 1.29 is 27.5 Å². The number of rotatable bonds is 2. The van der Waals surface area contributed by atoms with E-state index in [4.69, 9.17) is 21.1 Å². The number of ether oxygens (including phenoxy) is 2. The van der Waals surface area contributed by atoms with Crippen LogP contribution in [0.15, 0.2) is 41.3 Å². The van der Waals surface area contributed by atoms with Crippen LogP contribution in [0.25, 0.3) is 0 Å². The van der Waals surface area contributed by atoms with Gasteiger partial charge in [-0.15, -0.1) is 0 Å². The number of fused-ring (bicyclic) bond motifs is 3. The normalized spacial score (nSPS) is 27.7. The van der Waals surface area contributed by atoms with E-state index in [2.05, 4.69) is 40.9 Å². The molecule has 5 rings (SSSR count). The van der Waals surface area contributed by atoms with Crippen molar-refractivity contribution in [2.45, 2.75) is 75.3 Å². The Morgan fingerprint density at radius 3 is 2.72 bits per heavy atom. The van der Waals surface area contributed by atoms with Crippen molar-refractivity contribution in [1.29, 1.82) is 0 Å². The molecule has 2 N–H and O–H groups in total. The largest absolute Gasteiger partial charge is 0.490 e. The second kappa shape index (κ2) is 13.6. The summed E-state index contributed by atoms with van der Waals surface area (Å²) in [6, 6.07) is 13.1. The third kappa shape index (κ3) is 7.35. The highest BCUT2D eigenvalue weighted by Gasteiger charge is 2.43. The fraction of sp³-hybridized carbons (Fsp3) is 0.543. The Balaban J connectivity index is 1.63. The highest BCUT2D eigenvalue weighted by molar-refractivity contribution is 7.90. The number of hydrogen-bond acceptors (Lipinski definition) is 8. The lowest BCUT2D eigenvalue weighted by Gasteiger charge is -2.41. The highest BCUT2D eigenvalue weighted by atomic mass is 35.5. The first-order valence-electron chi connectivity index (χ1n) is 16.2. The molecule has 2 amide bonds. The Bertz CT molecular complexity index is 1640. The molecule has 0 aromatic heterocycles. The second-order valence-electron chi connectivity index (χ2n) is 13.7. The van der Waals surface area contributed by atoms with Gasteiger partial charge in [0.15, 0.2) is 0 Å². The van der Waals surface area contributed by atoms with Gasteiger partial charge in [0, 0.05) is 45.2 Å². The van der Waals surface area contributed by atoms with Gasteiger partial charge in [0.05, 0.1) is 26.6 Å². The summed E-state index contributed by atoms with van der Waals surface area (Å²) >= 11 is 6.33. The molecule has 2 aromatic rings. The summed E-state index contributed by atoms with van der Waals surface area (Å²) in [4.78, 5) is 29.7. The van der Waals surface area contributed by atoms with E-state index in [9.17, 15) is 18.0 Å². The summed E-state index contributed by atoms with van der Waals surface area (Å²) < 4.78 is 42.0. The maximum atomic E-state index is 13.6. The predicted molar refractivity (Wildman–Crippen MR) is 181 cm³/mol. The first-order valence-corrected chi connectivity index (χ1v) is 18.0. The Kier molecular flexibility index (Phi) is 10.1. The summed E-state index contributed by atoms with van der Waals surface area (Å²) in [5.74, 6) is -0.225. The number of amides is 2. The SMILES string of the molecule is CC[C@@H]1[C@@H](C)CN2C[C@@]3(CCCc4cc(Cl)c#cc43)COc3ccc(cc32)S(=O)(=O)NC(=O)C(C)(C)NC/C=C/[C@H]1OC(=O)N(C)C. The number of carbonyl (C=O) groups is 2. The van der Waals surface area contributed by atoms with Crippen LogP contribution in [-0.4, -0.2) is 77.3 Å². The number of halogens is 1.